The van der Waals surface area contributed by atoms with E-state index in [1.165, 1.54) is 0 Å². The highest BCUT2D eigenvalue weighted by Gasteiger charge is 2.29. The van der Waals surface area contributed by atoms with Crippen LogP contribution in [-0.2, 0) is 0 Å². The summed E-state index contributed by atoms with van der Waals surface area (Å²) in [4.78, 5) is 15.3. The molecule has 0 bridgehead atoms. The third kappa shape index (κ3) is 6.20. The Balaban J connectivity index is 1.30. The summed E-state index contributed by atoms with van der Waals surface area (Å²) < 4.78 is 5.35. The minimum atomic E-state index is -0.566. The first-order valence-corrected chi connectivity index (χ1v) is 12.5. The quantitative estimate of drug-likeness (QED) is 0.437. The van der Waals surface area contributed by atoms with Crippen LogP contribution in [0.2, 0.25) is 0 Å². The van der Waals surface area contributed by atoms with Gasteiger partial charge in [0, 0.05) is 49.4 Å². The van der Waals surface area contributed by atoms with Crippen molar-refractivity contribution >= 4 is 22.7 Å². The first-order valence-electron chi connectivity index (χ1n) is 11.5. The number of benzene rings is 1. The second kappa shape index (κ2) is 11.7. The fourth-order valence-electron chi connectivity index (χ4n) is 4.68. The monoisotopic (exact) mass is 468 g/mol. The van der Waals surface area contributed by atoms with Gasteiger partial charge >= 0.3 is 0 Å². The molecule has 3 atom stereocenters. The average molecular weight is 469 g/mol. The number of aliphatic hydroxyl groups is 2. The molecule has 176 valence electrons. The Morgan fingerprint density at radius 2 is 2.09 bits per heavy atom. The van der Waals surface area contributed by atoms with Crippen LogP contribution in [-0.4, -0.2) is 69.2 Å². The van der Waals surface area contributed by atoms with E-state index in [2.05, 4.69) is 19.9 Å². The molecule has 0 radical (unpaired) electrons. The first-order chi connectivity index (χ1) is 16.2. The number of likely N-dealkylation sites (tertiary alicyclic amines) is 1. The van der Waals surface area contributed by atoms with E-state index in [-0.39, 0.29) is 12.5 Å². The molecule has 8 heteroatoms. The zero-order valence-corrected chi connectivity index (χ0v) is 19.8. The number of fused-ring (bicyclic) bond motifs is 1. The van der Waals surface area contributed by atoms with E-state index in [0.29, 0.717) is 12.3 Å². The van der Waals surface area contributed by atoms with Crippen molar-refractivity contribution in [3.63, 3.8) is 0 Å². The largest absolute Gasteiger partial charge is 0.497 e. The van der Waals surface area contributed by atoms with Gasteiger partial charge in [-0.15, -0.1) is 11.8 Å². The van der Waals surface area contributed by atoms with Gasteiger partial charge in [-0.2, -0.15) is 0 Å². The highest BCUT2D eigenvalue weighted by Crippen LogP contribution is 2.33. The fraction of sp³-hybridized carbons (Fsp3) is 0.480. The van der Waals surface area contributed by atoms with Gasteiger partial charge in [-0.05, 0) is 67.5 Å². The van der Waals surface area contributed by atoms with Gasteiger partial charge in [0.05, 0.1) is 24.9 Å². The molecule has 4 rings (SSSR count). The van der Waals surface area contributed by atoms with E-state index in [1.807, 2.05) is 24.3 Å². The molecule has 0 aliphatic carbocycles. The number of pyridine rings is 1. The molecule has 7 nitrogen and oxygen atoms in total. The Labute approximate surface area is 199 Å². The number of ether oxygens (including phenoxy) is 1. The summed E-state index contributed by atoms with van der Waals surface area (Å²) in [6, 6.07) is 7.64. The van der Waals surface area contributed by atoms with E-state index in [4.69, 9.17) is 4.74 Å². The van der Waals surface area contributed by atoms with Crippen LogP contribution in [0.3, 0.4) is 0 Å². The minimum absolute atomic E-state index is 0.184. The lowest BCUT2D eigenvalue weighted by atomic mass is 9.81. The van der Waals surface area contributed by atoms with Crippen LogP contribution in [0.25, 0.3) is 10.9 Å². The molecule has 33 heavy (non-hydrogen) atoms. The van der Waals surface area contributed by atoms with Crippen molar-refractivity contribution in [2.45, 2.75) is 30.4 Å². The van der Waals surface area contributed by atoms with Gasteiger partial charge in [0.2, 0.25) is 0 Å². The predicted molar refractivity (Wildman–Crippen MR) is 130 cm³/mol. The lowest BCUT2D eigenvalue weighted by Gasteiger charge is -2.38. The second-order valence-corrected chi connectivity index (χ2v) is 9.68. The summed E-state index contributed by atoms with van der Waals surface area (Å²) >= 11 is 1.71. The lowest BCUT2D eigenvalue weighted by Crippen LogP contribution is -2.43. The van der Waals surface area contributed by atoms with Crippen LogP contribution < -0.4 is 4.74 Å². The highest BCUT2D eigenvalue weighted by molar-refractivity contribution is 7.99. The standard InChI is InChI=1S/C25H32N4O3S/c1-32-20-3-4-23-22(14-20)21(6-8-27-23)24(31)5-2-18-7-11-29(16-19(18)17-30)12-13-33-25-15-26-9-10-28-25/h3-4,6,8-10,14-15,18-19,24,30-31H,2,5,7,11-13,16-17H2,1H3/t18-,19-,24?/m1/s1. The summed E-state index contributed by atoms with van der Waals surface area (Å²) in [5, 5.41) is 22.9. The van der Waals surface area contributed by atoms with Crippen molar-refractivity contribution in [2.75, 3.05) is 39.1 Å². The molecule has 3 heterocycles. The molecule has 0 saturated carbocycles. The van der Waals surface area contributed by atoms with Crippen molar-refractivity contribution in [2.24, 2.45) is 11.8 Å². The van der Waals surface area contributed by atoms with E-state index in [9.17, 15) is 10.2 Å². The molecular formula is C25H32N4O3S. The number of thioether (sulfide) groups is 1. The van der Waals surface area contributed by atoms with Crippen LogP contribution in [0, 0.1) is 11.8 Å². The maximum absolute atomic E-state index is 11.0. The molecule has 1 saturated heterocycles. The number of aromatic nitrogens is 3. The Hall–Kier alpha value is -2.26. The van der Waals surface area contributed by atoms with Gasteiger partial charge in [0.1, 0.15) is 10.8 Å². The molecule has 0 amide bonds. The maximum atomic E-state index is 11.0. The van der Waals surface area contributed by atoms with Crippen molar-refractivity contribution in [1.82, 2.24) is 19.9 Å². The van der Waals surface area contributed by atoms with Gasteiger partial charge in [-0.25, -0.2) is 4.98 Å². The molecule has 1 aliphatic rings. The van der Waals surface area contributed by atoms with Crippen molar-refractivity contribution in [1.29, 1.82) is 0 Å². The lowest BCUT2D eigenvalue weighted by molar-refractivity contribution is 0.0608. The molecule has 1 aromatic carbocycles. The van der Waals surface area contributed by atoms with E-state index in [0.717, 1.165) is 65.5 Å². The summed E-state index contributed by atoms with van der Waals surface area (Å²) in [5.74, 6) is 2.37. The Bertz CT molecular complexity index is 1020. The van der Waals surface area contributed by atoms with E-state index >= 15 is 0 Å². The smallest absolute Gasteiger partial charge is 0.119 e. The van der Waals surface area contributed by atoms with Crippen molar-refractivity contribution in [3.05, 3.63) is 54.6 Å². The van der Waals surface area contributed by atoms with Gasteiger partial charge < -0.3 is 19.8 Å². The number of aliphatic hydroxyl groups excluding tert-OH is 2. The average Bonchev–Trinajstić information content (AvgIpc) is 2.87. The zero-order valence-electron chi connectivity index (χ0n) is 19.0. The summed E-state index contributed by atoms with van der Waals surface area (Å²) in [5.41, 5.74) is 1.74. The third-order valence-electron chi connectivity index (χ3n) is 6.56. The molecule has 2 N–H and O–H groups in total. The molecule has 1 fully saturated rings. The molecule has 1 aliphatic heterocycles. The Morgan fingerprint density at radius 3 is 2.88 bits per heavy atom. The number of rotatable bonds is 10. The SMILES string of the molecule is COc1ccc2nccc(C(O)CC[C@@H]3CCN(CCSc4cnccn4)C[C@@H]3CO)c2c1. The van der Waals surface area contributed by atoms with Crippen LogP contribution in [0.4, 0.5) is 0 Å². The molecular weight excluding hydrogens is 436 g/mol. The topological polar surface area (TPSA) is 91.6 Å². The first kappa shape index (κ1) is 23.9. The summed E-state index contributed by atoms with van der Waals surface area (Å²) in [7, 11) is 1.64. The van der Waals surface area contributed by atoms with Crippen molar-refractivity contribution < 1.29 is 14.9 Å². The minimum Gasteiger partial charge on any atom is -0.497 e. The molecule has 1 unspecified atom stereocenters. The van der Waals surface area contributed by atoms with Crippen LogP contribution in [0.5, 0.6) is 5.75 Å². The number of hydrogen-bond donors (Lipinski definition) is 2. The number of nitrogens with zero attached hydrogens (tertiary/aromatic N) is 4. The van der Waals surface area contributed by atoms with Crippen LogP contribution >= 0.6 is 11.8 Å². The van der Waals surface area contributed by atoms with Crippen LogP contribution in [0.15, 0.2) is 54.1 Å². The van der Waals surface area contributed by atoms with Crippen LogP contribution in [0.1, 0.15) is 30.9 Å². The Kier molecular flexibility index (Phi) is 8.50. The number of piperidine rings is 1. The highest BCUT2D eigenvalue weighted by atomic mass is 32.2. The van der Waals surface area contributed by atoms with E-state index < -0.39 is 6.10 Å². The molecule has 2 aromatic heterocycles. The maximum Gasteiger partial charge on any atom is 0.119 e. The van der Waals surface area contributed by atoms with Gasteiger partial charge in [-0.3, -0.25) is 9.97 Å². The summed E-state index contributed by atoms with van der Waals surface area (Å²) in [6.45, 7) is 3.07. The van der Waals surface area contributed by atoms with Gasteiger partial charge in [-0.1, -0.05) is 0 Å². The second-order valence-electron chi connectivity index (χ2n) is 8.56. The summed E-state index contributed by atoms with van der Waals surface area (Å²) in [6.07, 6.45) is 8.98. The predicted octanol–water partition coefficient (Wildman–Crippen LogP) is 3.57. The number of methoxy groups -OCH3 is 1. The van der Waals surface area contributed by atoms with Gasteiger partial charge in [0.15, 0.2) is 0 Å². The molecule has 3 aromatic rings. The normalized spacial score (nSPS) is 20.1. The van der Waals surface area contributed by atoms with Crippen molar-refractivity contribution in [3.8, 4) is 5.75 Å². The number of hydrogen-bond acceptors (Lipinski definition) is 8. The molecule has 0 spiro atoms. The third-order valence-corrected chi connectivity index (χ3v) is 7.45. The van der Waals surface area contributed by atoms with Gasteiger partial charge in [0.25, 0.3) is 0 Å². The fourth-order valence-corrected chi connectivity index (χ4v) is 5.51. The zero-order chi connectivity index (χ0) is 23.0. The van der Waals surface area contributed by atoms with E-state index in [1.54, 1.807) is 43.7 Å². The Morgan fingerprint density at radius 1 is 1.18 bits per heavy atom.